The highest BCUT2D eigenvalue weighted by atomic mass is 32.2. The molecule has 2 aromatic rings. The lowest BCUT2D eigenvalue weighted by Crippen LogP contribution is -2.08. The highest BCUT2D eigenvalue weighted by Crippen LogP contribution is 2.28. The summed E-state index contributed by atoms with van der Waals surface area (Å²) in [5.41, 5.74) is -0.968. The first-order valence-corrected chi connectivity index (χ1v) is 6.32. The van der Waals surface area contributed by atoms with Gasteiger partial charge < -0.3 is 4.42 Å². The average Bonchev–Trinajstić information content (AvgIpc) is 2.84. The monoisotopic (exact) mass is 290 g/mol. The van der Waals surface area contributed by atoms with Crippen molar-refractivity contribution in [2.75, 3.05) is 0 Å². The quantitative estimate of drug-likeness (QED) is 0.637. The molecule has 102 valence electrons. The van der Waals surface area contributed by atoms with Crippen LogP contribution in [0.3, 0.4) is 0 Å². The Labute approximate surface area is 110 Å². The Bertz CT molecular complexity index is 558. The van der Waals surface area contributed by atoms with E-state index in [1.165, 1.54) is 0 Å². The first-order valence-electron chi connectivity index (χ1n) is 5.33. The average molecular weight is 290 g/mol. The zero-order chi connectivity index (χ0) is 13.9. The van der Waals surface area contributed by atoms with Crippen LogP contribution in [0.2, 0.25) is 0 Å². The third kappa shape index (κ3) is 3.66. The number of hydrogen-bond donors (Lipinski definition) is 0. The van der Waals surface area contributed by atoms with Crippen molar-refractivity contribution in [1.82, 2.24) is 20.2 Å². The third-order valence-corrected chi connectivity index (χ3v) is 2.91. The Morgan fingerprint density at radius 2 is 2.00 bits per heavy atom. The third-order valence-electron chi connectivity index (χ3n) is 2.06. The predicted molar refractivity (Wildman–Crippen MR) is 60.3 cm³/mol. The summed E-state index contributed by atoms with van der Waals surface area (Å²) in [5.74, 6) is 1.05. The van der Waals surface area contributed by atoms with Gasteiger partial charge in [0, 0.05) is 12.6 Å². The second-order valence-corrected chi connectivity index (χ2v) is 4.40. The van der Waals surface area contributed by atoms with Crippen LogP contribution in [-0.4, -0.2) is 20.2 Å². The van der Waals surface area contributed by atoms with E-state index >= 15 is 0 Å². The second kappa shape index (κ2) is 5.55. The summed E-state index contributed by atoms with van der Waals surface area (Å²) in [5, 5.41) is 7.53. The van der Waals surface area contributed by atoms with Crippen LogP contribution in [0, 0.1) is 0 Å². The van der Waals surface area contributed by atoms with Crippen molar-refractivity contribution in [2.24, 2.45) is 0 Å². The van der Waals surface area contributed by atoms with Crippen molar-refractivity contribution in [2.45, 2.75) is 30.4 Å². The summed E-state index contributed by atoms with van der Waals surface area (Å²) < 4.78 is 42.6. The van der Waals surface area contributed by atoms with E-state index in [0.29, 0.717) is 18.2 Å². The van der Waals surface area contributed by atoms with Gasteiger partial charge in [-0.1, -0.05) is 18.7 Å². The molecule has 0 aromatic carbocycles. The van der Waals surface area contributed by atoms with Gasteiger partial charge in [0.05, 0.1) is 5.75 Å². The van der Waals surface area contributed by atoms with Crippen molar-refractivity contribution in [3.05, 3.63) is 29.7 Å². The summed E-state index contributed by atoms with van der Waals surface area (Å²) in [7, 11) is 0. The van der Waals surface area contributed by atoms with Gasteiger partial charge in [-0.15, -0.1) is 10.2 Å². The summed E-state index contributed by atoms with van der Waals surface area (Å²) >= 11 is 1.01. The first-order chi connectivity index (χ1) is 8.99. The summed E-state index contributed by atoms with van der Waals surface area (Å²) in [6, 6.07) is 0.825. The Morgan fingerprint density at radius 1 is 1.26 bits per heavy atom. The number of aromatic nitrogens is 4. The molecule has 5 nitrogen and oxygen atoms in total. The number of halogens is 3. The van der Waals surface area contributed by atoms with Crippen LogP contribution >= 0.6 is 11.8 Å². The topological polar surface area (TPSA) is 64.7 Å². The molecular formula is C10H9F3N4OS. The zero-order valence-electron chi connectivity index (χ0n) is 9.81. The standard InChI is InChI=1S/C10H9F3N4OS/c1-2-7-16-17-8(18-7)5-19-9-14-4-3-6(15-9)10(11,12)13/h3-4H,2,5H2,1H3. The molecule has 0 aliphatic rings. The lowest BCUT2D eigenvalue weighted by Gasteiger charge is -2.05. The van der Waals surface area contributed by atoms with E-state index in [9.17, 15) is 13.2 Å². The SMILES string of the molecule is CCc1nnc(CSc2nccc(C(F)(F)F)n2)o1. The van der Waals surface area contributed by atoms with Crippen LogP contribution in [0.4, 0.5) is 13.2 Å². The first kappa shape index (κ1) is 13.8. The lowest BCUT2D eigenvalue weighted by molar-refractivity contribution is -0.141. The van der Waals surface area contributed by atoms with Crippen LogP contribution in [0.1, 0.15) is 24.4 Å². The molecule has 0 aliphatic carbocycles. The van der Waals surface area contributed by atoms with E-state index in [-0.39, 0.29) is 10.9 Å². The van der Waals surface area contributed by atoms with Crippen molar-refractivity contribution < 1.29 is 17.6 Å². The molecule has 0 saturated carbocycles. The smallest absolute Gasteiger partial charge is 0.424 e. The minimum Gasteiger partial charge on any atom is -0.424 e. The maximum Gasteiger partial charge on any atom is 0.433 e. The van der Waals surface area contributed by atoms with Crippen LogP contribution in [0.25, 0.3) is 0 Å². The van der Waals surface area contributed by atoms with E-state index in [4.69, 9.17) is 4.42 Å². The molecule has 19 heavy (non-hydrogen) atoms. The number of thioether (sulfide) groups is 1. The van der Waals surface area contributed by atoms with Gasteiger partial charge in [-0.3, -0.25) is 0 Å². The van der Waals surface area contributed by atoms with Gasteiger partial charge in [0.1, 0.15) is 5.69 Å². The fourth-order valence-corrected chi connectivity index (χ4v) is 1.85. The normalized spacial score (nSPS) is 11.8. The lowest BCUT2D eigenvalue weighted by atomic mass is 10.4. The molecule has 2 aromatic heterocycles. The van der Waals surface area contributed by atoms with Gasteiger partial charge in [0.2, 0.25) is 11.8 Å². The van der Waals surface area contributed by atoms with E-state index in [0.717, 1.165) is 24.0 Å². The summed E-state index contributed by atoms with van der Waals surface area (Å²) in [6.45, 7) is 1.86. The van der Waals surface area contributed by atoms with E-state index < -0.39 is 11.9 Å². The van der Waals surface area contributed by atoms with Crippen LogP contribution in [0.15, 0.2) is 21.8 Å². The van der Waals surface area contributed by atoms with Gasteiger partial charge in [0.25, 0.3) is 0 Å². The number of alkyl halides is 3. The number of rotatable bonds is 4. The molecule has 0 aliphatic heterocycles. The number of aryl methyl sites for hydroxylation is 1. The molecule has 2 heterocycles. The van der Waals surface area contributed by atoms with Crippen molar-refractivity contribution in [3.63, 3.8) is 0 Å². The van der Waals surface area contributed by atoms with Crippen LogP contribution in [-0.2, 0) is 18.3 Å². The molecule has 2 rings (SSSR count). The van der Waals surface area contributed by atoms with Crippen molar-refractivity contribution in [1.29, 1.82) is 0 Å². The highest BCUT2D eigenvalue weighted by molar-refractivity contribution is 7.98. The fourth-order valence-electron chi connectivity index (χ4n) is 1.18. The van der Waals surface area contributed by atoms with Crippen molar-refractivity contribution in [3.8, 4) is 0 Å². The summed E-state index contributed by atoms with van der Waals surface area (Å²) in [6.07, 6.45) is -2.79. The number of hydrogen-bond acceptors (Lipinski definition) is 6. The molecule has 0 bridgehead atoms. The second-order valence-electron chi connectivity index (χ2n) is 3.45. The Kier molecular flexibility index (Phi) is 4.03. The largest absolute Gasteiger partial charge is 0.433 e. The number of nitrogens with zero attached hydrogens (tertiary/aromatic N) is 4. The molecule has 0 saturated heterocycles. The summed E-state index contributed by atoms with van der Waals surface area (Å²) in [4.78, 5) is 7.18. The van der Waals surface area contributed by atoms with Gasteiger partial charge in [-0.25, -0.2) is 9.97 Å². The maximum absolute atomic E-state index is 12.4. The molecular weight excluding hydrogens is 281 g/mol. The molecule has 0 atom stereocenters. The van der Waals surface area contributed by atoms with E-state index in [2.05, 4.69) is 20.2 Å². The molecule has 9 heteroatoms. The molecule has 0 amide bonds. The fraction of sp³-hybridized carbons (Fsp3) is 0.400. The van der Waals surface area contributed by atoms with Crippen LogP contribution < -0.4 is 0 Å². The van der Waals surface area contributed by atoms with Gasteiger partial charge in [-0.05, 0) is 6.07 Å². The van der Waals surface area contributed by atoms with Crippen molar-refractivity contribution >= 4 is 11.8 Å². The molecule has 0 N–H and O–H groups in total. The minimum atomic E-state index is -4.47. The Hall–Kier alpha value is -1.64. The molecule has 0 fully saturated rings. The van der Waals surface area contributed by atoms with E-state index in [1.807, 2.05) is 6.92 Å². The predicted octanol–water partition coefficient (Wildman–Crippen LogP) is 2.73. The molecule has 0 unspecified atom stereocenters. The van der Waals surface area contributed by atoms with Gasteiger partial charge in [-0.2, -0.15) is 13.2 Å². The molecule has 0 radical (unpaired) electrons. The highest BCUT2D eigenvalue weighted by Gasteiger charge is 2.32. The zero-order valence-corrected chi connectivity index (χ0v) is 10.6. The Morgan fingerprint density at radius 3 is 2.63 bits per heavy atom. The minimum absolute atomic E-state index is 0.0195. The Balaban J connectivity index is 2.03. The van der Waals surface area contributed by atoms with Crippen LogP contribution in [0.5, 0.6) is 0 Å². The maximum atomic E-state index is 12.4. The van der Waals surface area contributed by atoms with E-state index in [1.54, 1.807) is 0 Å². The van der Waals surface area contributed by atoms with Gasteiger partial charge >= 0.3 is 6.18 Å². The van der Waals surface area contributed by atoms with Gasteiger partial charge in [0.15, 0.2) is 5.16 Å². The molecule has 0 spiro atoms.